The maximum absolute atomic E-state index is 13.3. The number of carbonyl (C=O) groups is 1. The van der Waals surface area contributed by atoms with E-state index < -0.39 is 0 Å². The summed E-state index contributed by atoms with van der Waals surface area (Å²) < 4.78 is 7.02. The average molecular weight is 507 g/mol. The average Bonchev–Trinajstić information content (AvgIpc) is 2.87. The minimum atomic E-state index is -0.316. The van der Waals surface area contributed by atoms with Gasteiger partial charge in [-0.3, -0.25) is 14.2 Å². The molecule has 9 heteroatoms. The van der Waals surface area contributed by atoms with E-state index >= 15 is 0 Å². The van der Waals surface area contributed by atoms with E-state index in [9.17, 15) is 9.59 Å². The molecule has 0 aliphatic heterocycles. The monoisotopic (exact) mass is 506 g/mol. The number of carbonyl (C=O) groups excluding carboxylic acids is 1. The topological polar surface area (TPSA) is 85.6 Å². The van der Waals surface area contributed by atoms with Crippen molar-refractivity contribution in [2.45, 2.75) is 19.0 Å². The lowest BCUT2D eigenvalue weighted by Crippen LogP contribution is -2.24. The first-order valence-corrected chi connectivity index (χ1v) is 12.3. The third kappa shape index (κ3) is 5.90. The number of ether oxygens (including phenoxy) is 1. The van der Waals surface area contributed by atoms with Gasteiger partial charge in [0.2, 0.25) is 0 Å². The van der Waals surface area contributed by atoms with E-state index in [0.29, 0.717) is 44.8 Å². The highest BCUT2D eigenvalue weighted by Gasteiger charge is 2.15. The molecule has 35 heavy (non-hydrogen) atoms. The van der Waals surface area contributed by atoms with Gasteiger partial charge in [-0.05, 0) is 67.9 Å². The zero-order valence-electron chi connectivity index (χ0n) is 19.2. The zero-order chi connectivity index (χ0) is 24.8. The molecule has 0 fully saturated rings. The fourth-order valence-electron chi connectivity index (χ4n) is 3.36. The predicted octanol–water partition coefficient (Wildman–Crippen LogP) is 5.07. The summed E-state index contributed by atoms with van der Waals surface area (Å²) in [5, 5.41) is 5.70. The standard InChI is InChI=1S/C26H23ClN4O3S/c1-3-34-21-14-12-20(13-15-21)31-25(33)22-6-4-5-7-23(22)28-26(31)35-16-24(32)30-29-17(2)18-8-10-19(27)11-9-18/h4-15H,3,16H2,1-2H3,(H,30,32). The molecule has 4 rings (SSSR count). The minimum Gasteiger partial charge on any atom is -0.494 e. The SMILES string of the molecule is CCOc1ccc(-n2c(SCC(=O)NN=C(C)c3ccc(Cl)cc3)nc3ccccc3c2=O)cc1. The van der Waals surface area contributed by atoms with Gasteiger partial charge in [0.25, 0.3) is 11.5 Å². The van der Waals surface area contributed by atoms with Crippen LogP contribution in [0.4, 0.5) is 0 Å². The molecular weight excluding hydrogens is 484 g/mol. The number of benzene rings is 3. The summed E-state index contributed by atoms with van der Waals surface area (Å²) in [7, 11) is 0. The molecule has 178 valence electrons. The fourth-order valence-corrected chi connectivity index (χ4v) is 4.29. The van der Waals surface area contributed by atoms with Crippen LogP contribution in [0.3, 0.4) is 0 Å². The van der Waals surface area contributed by atoms with Crippen LogP contribution in [0.25, 0.3) is 16.6 Å². The molecule has 1 aromatic heterocycles. The molecule has 3 aromatic carbocycles. The van der Waals surface area contributed by atoms with E-state index in [4.69, 9.17) is 16.3 Å². The second-order valence-electron chi connectivity index (χ2n) is 7.51. The number of hydrogen-bond acceptors (Lipinski definition) is 6. The van der Waals surface area contributed by atoms with Crippen LogP contribution in [0.15, 0.2) is 87.8 Å². The Balaban J connectivity index is 1.57. The van der Waals surface area contributed by atoms with Gasteiger partial charge < -0.3 is 4.74 Å². The molecular formula is C26H23ClN4O3S. The van der Waals surface area contributed by atoms with Gasteiger partial charge in [-0.25, -0.2) is 10.4 Å². The molecule has 4 aromatic rings. The van der Waals surface area contributed by atoms with E-state index in [2.05, 4.69) is 15.5 Å². The molecule has 0 aliphatic carbocycles. The molecule has 0 bridgehead atoms. The maximum Gasteiger partial charge on any atom is 0.266 e. The van der Waals surface area contributed by atoms with Crippen LogP contribution in [0.1, 0.15) is 19.4 Å². The van der Waals surface area contributed by atoms with Crippen LogP contribution < -0.4 is 15.7 Å². The third-order valence-corrected chi connectivity index (χ3v) is 6.28. The number of nitrogens with one attached hydrogen (secondary N) is 1. The summed E-state index contributed by atoms with van der Waals surface area (Å²) in [5.74, 6) is 0.420. The number of nitrogens with zero attached hydrogens (tertiary/aromatic N) is 3. The summed E-state index contributed by atoms with van der Waals surface area (Å²) >= 11 is 7.09. The van der Waals surface area contributed by atoms with E-state index in [1.807, 2.05) is 25.1 Å². The molecule has 0 radical (unpaired) electrons. The number of hydrogen-bond donors (Lipinski definition) is 1. The molecule has 1 N–H and O–H groups in total. The quantitative estimate of drug-likeness (QED) is 0.156. The van der Waals surface area contributed by atoms with E-state index in [-0.39, 0.29) is 17.2 Å². The van der Waals surface area contributed by atoms with Crippen molar-refractivity contribution in [2.24, 2.45) is 5.10 Å². The predicted molar refractivity (Wildman–Crippen MR) is 141 cm³/mol. The van der Waals surface area contributed by atoms with Gasteiger partial charge >= 0.3 is 0 Å². The second kappa shape index (κ2) is 11.2. The Bertz CT molecular complexity index is 1430. The van der Waals surface area contributed by atoms with Gasteiger partial charge in [-0.15, -0.1) is 0 Å². The van der Waals surface area contributed by atoms with Crippen LogP contribution in [0.2, 0.25) is 5.02 Å². The Kier molecular flexibility index (Phi) is 7.84. The summed E-state index contributed by atoms with van der Waals surface area (Å²) in [5.41, 5.74) is 5.06. The molecule has 0 spiro atoms. The lowest BCUT2D eigenvalue weighted by Gasteiger charge is -2.13. The minimum absolute atomic E-state index is 0.0270. The second-order valence-corrected chi connectivity index (χ2v) is 8.89. The normalized spacial score (nSPS) is 11.5. The first kappa shape index (κ1) is 24.5. The highest BCUT2D eigenvalue weighted by atomic mass is 35.5. The van der Waals surface area contributed by atoms with Crippen molar-refractivity contribution < 1.29 is 9.53 Å². The number of hydrazone groups is 1. The Morgan fingerprint density at radius 1 is 1.09 bits per heavy atom. The summed E-state index contributed by atoms with van der Waals surface area (Å²) in [6, 6.07) is 21.5. The van der Waals surface area contributed by atoms with Gasteiger partial charge in [0, 0.05) is 5.02 Å². The Morgan fingerprint density at radius 2 is 1.80 bits per heavy atom. The molecule has 1 heterocycles. The van der Waals surface area contributed by atoms with Crippen molar-refractivity contribution in [2.75, 3.05) is 12.4 Å². The lowest BCUT2D eigenvalue weighted by molar-refractivity contribution is -0.118. The first-order chi connectivity index (χ1) is 17.0. The van der Waals surface area contributed by atoms with Gasteiger partial charge in [-0.1, -0.05) is 47.6 Å². The first-order valence-electron chi connectivity index (χ1n) is 10.9. The Hall–Kier alpha value is -3.62. The van der Waals surface area contributed by atoms with Gasteiger partial charge in [0.1, 0.15) is 5.75 Å². The zero-order valence-corrected chi connectivity index (χ0v) is 20.8. The third-order valence-electron chi connectivity index (χ3n) is 5.09. The number of para-hydroxylation sites is 1. The molecule has 0 unspecified atom stereocenters. The maximum atomic E-state index is 13.3. The van der Waals surface area contributed by atoms with Crippen LogP contribution in [0, 0.1) is 0 Å². The van der Waals surface area contributed by atoms with Crippen molar-refractivity contribution >= 4 is 45.9 Å². The number of aromatic nitrogens is 2. The molecule has 0 atom stereocenters. The molecule has 0 saturated carbocycles. The van der Waals surface area contributed by atoms with Crippen molar-refractivity contribution in [3.05, 3.63) is 93.7 Å². The van der Waals surface area contributed by atoms with Crippen molar-refractivity contribution in [3.63, 3.8) is 0 Å². The number of fused-ring (bicyclic) bond motifs is 1. The smallest absolute Gasteiger partial charge is 0.266 e. The van der Waals surface area contributed by atoms with Crippen molar-refractivity contribution in [1.82, 2.24) is 15.0 Å². The fraction of sp³-hybridized carbons (Fsp3) is 0.154. The van der Waals surface area contributed by atoms with Crippen molar-refractivity contribution in [3.8, 4) is 11.4 Å². The summed E-state index contributed by atoms with van der Waals surface area (Å²) in [4.78, 5) is 30.5. The van der Waals surface area contributed by atoms with Gasteiger partial charge in [0.05, 0.1) is 34.7 Å². The van der Waals surface area contributed by atoms with E-state index in [0.717, 1.165) is 17.3 Å². The van der Waals surface area contributed by atoms with Crippen LogP contribution in [-0.4, -0.2) is 33.5 Å². The number of rotatable bonds is 8. The van der Waals surface area contributed by atoms with E-state index in [1.54, 1.807) is 61.5 Å². The summed E-state index contributed by atoms with van der Waals surface area (Å²) in [6.07, 6.45) is 0. The Morgan fingerprint density at radius 3 is 2.51 bits per heavy atom. The van der Waals surface area contributed by atoms with Gasteiger partial charge in [-0.2, -0.15) is 5.10 Å². The summed E-state index contributed by atoms with van der Waals surface area (Å²) in [6.45, 7) is 4.25. The molecule has 7 nitrogen and oxygen atoms in total. The van der Waals surface area contributed by atoms with Crippen LogP contribution in [0.5, 0.6) is 5.75 Å². The van der Waals surface area contributed by atoms with E-state index in [1.165, 1.54) is 4.57 Å². The lowest BCUT2D eigenvalue weighted by atomic mass is 10.1. The largest absolute Gasteiger partial charge is 0.494 e. The molecule has 0 aliphatic rings. The highest BCUT2D eigenvalue weighted by molar-refractivity contribution is 7.99. The highest BCUT2D eigenvalue weighted by Crippen LogP contribution is 2.23. The number of thioether (sulfide) groups is 1. The molecule has 1 amide bonds. The Labute approximate surface area is 211 Å². The van der Waals surface area contributed by atoms with Crippen LogP contribution >= 0.6 is 23.4 Å². The number of halogens is 1. The van der Waals surface area contributed by atoms with Crippen LogP contribution in [-0.2, 0) is 4.79 Å². The number of amides is 1. The van der Waals surface area contributed by atoms with Gasteiger partial charge in [0.15, 0.2) is 5.16 Å². The molecule has 0 saturated heterocycles. The van der Waals surface area contributed by atoms with Crippen molar-refractivity contribution in [1.29, 1.82) is 0 Å².